The van der Waals surface area contributed by atoms with Crippen molar-refractivity contribution in [2.45, 2.75) is 19.8 Å². The zero-order valence-corrected chi connectivity index (χ0v) is 13.6. The molecule has 1 aromatic carbocycles. The predicted molar refractivity (Wildman–Crippen MR) is 85.2 cm³/mol. The number of benzene rings is 1. The molecule has 0 spiro atoms. The molecule has 1 saturated heterocycles. The standard InChI is InChI=1S/C17H19F2N3O2/c1-11-3-4-13(7-12(11)2)14-8-15(21-20-14)16(23)22-5-6-24-10-17(18,19)9-22/h3-4,7-8H,5-6,9-10H2,1-2H3,(H,20,21). The van der Waals surface area contributed by atoms with Crippen molar-refractivity contribution in [1.82, 2.24) is 15.1 Å². The Morgan fingerprint density at radius 1 is 1.29 bits per heavy atom. The summed E-state index contributed by atoms with van der Waals surface area (Å²) in [5, 5.41) is 6.80. The molecular formula is C17H19F2N3O2. The molecule has 1 amide bonds. The Labute approximate surface area is 138 Å². The number of aryl methyl sites for hydroxylation is 2. The Hall–Kier alpha value is -2.28. The molecule has 2 aromatic rings. The molecule has 1 aromatic heterocycles. The van der Waals surface area contributed by atoms with E-state index in [0.29, 0.717) is 5.69 Å². The van der Waals surface area contributed by atoms with Crippen molar-refractivity contribution in [1.29, 1.82) is 0 Å². The first-order valence-corrected chi connectivity index (χ1v) is 7.74. The maximum atomic E-state index is 13.6. The number of halogens is 2. The van der Waals surface area contributed by atoms with Gasteiger partial charge in [0.05, 0.1) is 18.8 Å². The number of ether oxygens (including phenoxy) is 1. The van der Waals surface area contributed by atoms with Crippen molar-refractivity contribution in [3.05, 3.63) is 41.1 Å². The largest absolute Gasteiger partial charge is 0.373 e. The van der Waals surface area contributed by atoms with Crippen molar-refractivity contribution in [2.24, 2.45) is 0 Å². The molecule has 24 heavy (non-hydrogen) atoms. The highest BCUT2D eigenvalue weighted by molar-refractivity contribution is 5.93. The molecule has 0 bridgehead atoms. The molecule has 7 heteroatoms. The van der Waals surface area contributed by atoms with Crippen LogP contribution in [0.15, 0.2) is 24.3 Å². The van der Waals surface area contributed by atoms with E-state index in [0.717, 1.165) is 21.6 Å². The zero-order valence-electron chi connectivity index (χ0n) is 13.6. The van der Waals surface area contributed by atoms with Crippen LogP contribution >= 0.6 is 0 Å². The van der Waals surface area contributed by atoms with Gasteiger partial charge in [0.25, 0.3) is 11.8 Å². The maximum Gasteiger partial charge on any atom is 0.288 e. The van der Waals surface area contributed by atoms with E-state index in [1.54, 1.807) is 6.07 Å². The minimum absolute atomic E-state index is 0.0967. The van der Waals surface area contributed by atoms with Gasteiger partial charge in [-0.2, -0.15) is 5.10 Å². The highest BCUT2D eigenvalue weighted by Gasteiger charge is 2.36. The Bertz CT molecular complexity index is 758. The number of hydrogen-bond acceptors (Lipinski definition) is 3. The number of carbonyl (C=O) groups is 1. The van der Waals surface area contributed by atoms with E-state index in [4.69, 9.17) is 4.74 Å². The molecule has 1 aliphatic rings. The van der Waals surface area contributed by atoms with Gasteiger partial charge in [-0.15, -0.1) is 0 Å². The van der Waals surface area contributed by atoms with E-state index in [1.807, 2.05) is 32.0 Å². The molecule has 128 valence electrons. The lowest BCUT2D eigenvalue weighted by molar-refractivity contribution is -0.0661. The number of carbonyl (C=O) groups excluding carboxylic acids is 1. The molecule has 1 aliphatic heterocycles. The number of rotatable bonds is 2. The number of hydrogen-bond donors (Lipinski definition) is 1. The second-order valence-electron chi connectivity index (χ2n) is 6.10. The first-order chi connectivity index (χ1) is 11.4. The van der Waals surface area contributed by atoms with Gasteiger partial charge in [0.2, 0.25) is 0 Å². The Balaban J connectivity index is 1.81. The number of H-pyrrole nitrogens is 1. The predicted octanol–water partition coefficient (Wildman–Crippen LogP) is 2.80. The molecule has 0 aliphatic carbocycles. The van der Waals surface area contributed by atoms with E-state index >= 15 is 0 Å². The third kappa shape index (κ3) is 3.46. The lowest BCUT2D eigenvalue weighted by Crippen LogP contribution is -2.41. The number of aromatic nitrogens is 2. The van der Waals surface area contributed by atoms with Crippen LogP contribution in [0.2, 0.25) is 0 Å². The summed E-state index contributed by atoms with van der Waals surface area (Å²) >= 11 is 0. The van der Waals surface area contributed by atoms with Gasteiger partial charge < -0.3 is 9.64 Å². The summed E-state index contributed by atoms with van der Waals surface area (Å²) in [6.45, 7) is 2.93. The van der Waals surface area contributed by atoms with Gasteiger partial charge in [-0.1, -0.05) is 12.1 Å². The minimum atomic E-state index is -3.04. The summed E-state index contributed by atoms with van der Waals surface area (Å²) in [6, 6.07) is 7.47. The Morgan fingerprint density at radius 3 is 2.83 bits per heavy atom. The number of nitrogens with zero attached hydrogens (tertiary/aromatic N) is 2. The van der Waals surface area contributed by atoms with Gasteiger partial charge in [-0.25, -0.2) is 8.78 Å². The molecule has 1 fully saturated rings. The topological polar surface area (TPSA) is 58.2 Å². The van der Waals surface area contributed by atoms with E-state index < -0.39 is 25.0 Å². The summed E-state index contributed by atoms with van der Waals surface area (Å²) in [4.78, 5) is 13.6. The minimum Gasteiger partial charge on any atom is -0.373 e. The Kier molecular flexibility index (Phi) is 4.36. The van der Waals surface area contributed by atoms with E-state index in [9.17, 15) is 13.6 Å². The van der Waals surface area contributed by atoms with Crippen LogP contribution in [0.5, 0.6) is 0 Å². The molecular weight excluding hydrogens is 316 g/mol. The lowest BCUT2D eigenvalue weighted by atomic mass is 10.0. The summed E-state index contributed by atoms with van der Waals surface area (Å²) in [5.41, 5.74) is 3.96. The molecule has 0 radical (unpaired) electrons. The maximum absolute atomic E-state index is 13.6. The van der Waals surface area contributed by atoms with Crippen LogP contribution < -0.4 is 0 Å². The van der Waals surface area contributed by atoms with Crippen LogP contribution in [0, 0.1) is 13.8 Å². The van der Waals surface area contributed by atoms with E-state index in [1.165, 1.54) is 0 Å². The molecule has 5 nitrogen and oxygen atoms in total. The zero-order chi connectivity index (χ0) is 17.3. The molecule has 0 unspecified atom stereocenters. The van der Waals surface area contributed by atoms with Crippen LogP contribution in [0.4, 0.5) is 8.78 Å². The number of amides is 1. The number of aromatic amines is 1. The van der Waals surface area contributed by atoms with Crippen LogP contribution in [0.1, 0.15) is 21.6 Å². The van der Waals surface area contributed by atoms with Gasteiger partial charge in [-0.3, -0.25) is 9.89 Å². The molecule has 1 N–H and O–H groups in total. The fourth-order valence-corrected chi connectivity index (χ4v) is 2.62. The number of alkyl halides is 2. The van der Waals surface area contributed by atoms with Gasteiger partial charge in [0.15, 0.2) is 0 Å². The lowest BCUT2D eigenvalue weighted by Gasteiger charge is -2.22. The van der Waals surface area contributed by atoms with E-state index in [2.05, 4.69) is 10.2 Å². The normalized spacial score (nSPS) is 17.6. The third-order valence-electron chi connectivity index (χ3n) is 4.14. The smallest absolute Gasteiger partial charge is 0.288 e. The number of nitrogens with one attached hydrogen (secondary N) is 1. The molecule has 3 rings (SSSR count). The van der Waals surface area contributed by atoms with E-state index in [-0.39, 0.29) is 18.8 Å². The monoisotopic (exact) mass is 335 g/mol. The SMILES string of the molecule is Cc1ccc(-c2cc(C(=O)N3CCOCC(F)(F)C3)[nH]n2)cc1C. The first-order valence-electron chi connectivity index (χ1n) is 7.74. The quantitative estimate of drug-likeness (QED) is 0.918. The second-order valence-corrected chi connectivity index (χ2v) is 6.10. The van der Waals surface area contributed by atoms with Crippen molar-refractivity contribution >= 4 is 5.91 Å². The van der Waals surface area contributed by atoms with Crippen molar-refractivity contribution in [3.8, 4) is 11.3 Å². The van der Waals surface area contributed by atoms with Crippen molar-refractivity contribution in [2.75, 3.05) is 26.3 Å². The third-order valence-corrected chi connectivity index (χ3v) is 4.14. The fourth-order valence-electron chi connectivity index (χ4n) is 2.62. The fraction of sp³-hybridized carbons (Fsp3) is 0.412. The van der Waals surface area contributed by atoms with Gasteiger partial charge in [-0.05, 0) is 37.1 Å². The van der Waals surface area contributed by atoms with Crippen LogP contribution in [-0.4, -0.2) is 53.2 Å². The van der Waals surface area contributed by atoms with Crippen LogP contribution in [0.25, 0.3) is 11.3 Å². The van der Waals surface area contributed by atoms with Crippen molar-refractivity contribution in [3.63, 3.8) is 0 Å². The van der Waals surface area contributed by atoms with Gasteiger partial charge >= 0.3 is 0 Å². The first kappa shape index (κ1) is 16.6. The summed E-state index contributed by atoms with van der Waals surface area (Å²) in [5.74, 6) is -3.54. The summed E-state index contributed by atoms with van der Waals surface area (Å²) < 4.78 is 32.1. The summed E-state index contributed by atoms with van der Waals surface area (Å²) in [7, 11) is 0. The van der Waals surface area contributed by atoms with Crippen LogP contribution in [0.3, 0.4) is 0 Å². The van der Waals surface area contributed by atoms with Crippen LogP contribution in [-0.2, 0) is 4.74 Å². The van der Waals surface area contributed by atoms with Gasteiger partial charge in [0, 0.05) is 12.1 Å². The molecule has 2 heterocycles. The second kappa shape index (κ2) is 6.32. The average Bonchev–Trinajstić information content (AvgIpc) is 2.94. The highest BCUT2D eigenvalue weighted by atomic mass is 19.3. The van der Waals surface area contributed by atoms with Crippen molar-refractivity contribution < 1.29 is 18.3 Å². The molecule has 0 atom stereocenters. The summed E-state index contributed by atoms with van der Waals surface area (Å²) in [6.07, 6.45) is 0. The average molecular weight is 335 g/mol. The Morgan fingerprint density at radius 2 is 2.08 bits per heavy atom. The highest BCUT2D eigenvalue weighted by Crippen LogP contribution is 2.23. The van der Waals surface area contributed by atoms with Gasteiger partial charge in [0.1, 0.15) is 12.3 Å². The molecule has 0 saturated carbocycles.